The number of anilines is 1. The fourth-order valence-corrected chi connectivity index (χ4v) is 4.48. The second-order valence-electron chi connectivity index (χ2n) is 8.23. The molecule has 5 rings (SSSR count). The number of hydrogen-bond donors (Lipinski definition) is 3. The van der Waals surface area contributed by atoms with Crippen LogP contribution >= 0.6 is 0 Å². The maximum atomic E-state index is 13.1. The predicted molar refractivity (Wildman–Crippen MR) is 123 cm³/mol. The molecule has 164 valence electrons. The van der Waals surface area contributed by atoms with E-state index in [-0.39, 0.29) is 17.9 Å². The smallest absolute Gasteiger partial charge is 0.253 e. The molecule has 9 nitrogen and oxygen atoms in total. The van der Waals surface area contributed by atoms with Crippen molar-refractivity contribution in [1.29, 1.82) is 0 Å². The van der Waals surface area contributed by atoms with E-state index in [1.165, 1.54) is 6.92 Å². The molecule has 1 fully saturated rings. The summed E-state index contributed by atoms with van der Waals surface area (Å²) < 4.78 is 1.98. The lowest BCUT2D eigenvalue weighted by atomic mass is 10.1. The number of carbonyl (C=O) groups excluding carboxylic acids is 2. The molecule has 1 unspecified atom stereocenters. The summed E-state index contributed by atoms with van der Waals surface area (Å²) in [7, 11) is 3.79. The highest BCUT2D eigenvalue weighted by Crippen LogP contribution is 2.32. The van der Waals surface area contributed by atoms with Crippen LogP contribution in [-0.4, -0.2) is 62.4 Å². The zero-order valence-corrected chi connectivity index (χ0v) is 18.3. The quantitative estimate of drug-likeness (QED) is 0.460. The predicted octanol–water partition coefficient (Wildman–Crippen LogP) is 2.51. The number of aryl methyl sites for hydroxylation is 1. The third-order valence-corrected chi connectivity index (χ3v) is 5.98. The molecular weight excluding hydrogens is 406 g/mol. The average molecular weight is 432 g/mol. The molecule has 3 aromatic heterocycles. The molecule has 0 aliphatic carbocycles. The number of benzene rings is 1. The lowest BCUT2D eigenvalue weighted by Crippen LogP contribution is -2.37. The molecule has 4 aromatic rings. The van der Waals surface area contributed by atoms with Crippen LogP contribution in [0, 0.1) is 0 Å². The van der Waals surface area contributed by atoms with Gasteiger partial charge in [0, 0.05) is 56.8 Å². The topological polar surface area (TPSA) is 108 Å². The zero-order valence-electron chi connectivity index (χ0n) is 18.3. The number of aromatic nitrogens is 4. The minimum Gasteiger partial charge on any atom is -0.371 e. The van der Waals surface area contributed by atoms with Crippen LogP contribution in [0.15, 0.2) is 36.7 Å². The Balaban J connectivity index is 1.48. The van der Waals surface area contributed by atoms with Crippen LogP contribution in [0.2, 0.25) is 0 Å². The van der Waals surface area contributed by atoms with Gasteiger partial charge in [-0.1, -0.05) is 12.1 Å². The monoisotopic (exact) mass is 431 g/mol. The summed E-state index contributed by atoms with van der Waals surface area (Å²) in [5, 5.41) is 6.99. The van der Waals surface area contributed by atoms with Crippen molar-refractivity contribution in [2.45, 2.75) is 19.4 Å². The summed E-state index contributed by atoms with van der Waals surface area (Å²) >= 11 is 0. The Labute approximate surface area is 184 Å². The number of hydrogen-bond acceptors (Lipinski definition) is 5. The Morgan fingerprint density at radius 3 is 2.88 bits per heavy atom. The van der Waals surface area contributed by atoms with Gasteiger partial charge in [-0.3, -0.25) is 9.59 Å². The Kier molecular flexibility index (Phi) is 4.80. The van der Waals surface area contributed by atoms with E-state index in [4.69, 9.17) is 0 Å². The molecular formula is C23H25N7O2. The summed E-state index contributed by atoms with van der Waals surface area (Å²) in [6, 6.07) is 9.67. The number of imidazole rings is 1. The van der Waals surface area contributed by atoms with Gasteiger partial charge in [0.05, 0.1) is 11.8 Å². The first kappa shape index (κ1) is 20.0. The Hall–Kier alpha value is -3.88. The Morgan fingerprint density at radius 2 is 2.09 bits per heavy atom. The molecule has 0 radical (unpaired) electrons. The van der Waals surface area contributed by atoms with Crippen molar-refractivity contribution in [1.82, 2.24) is 29.7 Å². The number of H-pyrrole nitrogens is 1. The average Bonchev–Trinajstić information content (AvgIpc) is 3.50. The molecule has 2 amide bonds. The highest BCUT2D eigenvalue weighted by atomic mass is 16.2. The van der Waals surface area contributed by atoms with Crippen LogP contribution in [0.1, 0.15) is 23.7 Å². The van der Waals surface area contributed by atoms with E-state index >= 15 is 0 Å². The van der Waals surface area contributed by atoms with E-state index in [1.807, 2.05) is 42.9 Å². The molecule has 0 spiro atoms. The lowest BCUT2D eigenvalue weighted by molar-refractivity contribution is -0.119. The first-order chi connectivity index (χ1) is 15.4. The number of rotatable bonds is 4. The maximum absolute atomic E-state index is 13.1. The number of nitrogens with one attached hydrogen (secondary N) is 3. The number of aromatic amines is 1. The van der Waals surface area contributed by atoms with Crippen LogP contribution in [0.4, 0.5) is 5.82 Å². The van der Waals surface area contributed by atoms with Gasteiger partial charge in [-0.05, 0) is 30.2 Å². The molecule has 32 heavy (non-hydrogen) atoms. The SMILES string of the molecule is CNc1nc2[nH]c(-c3cccc(C(=O)N4CCC(NC(C)=O)C4)c3)cc2c2c1ncn2C. The lowest BCUT2D eigenvalue weighted by Gasteiger charge is -2.17. The third-order valence-electron chi connectivity index (χ3n) is 5.98. The summed E-state index contributed by atoms with van der Waals surface area (Å²) in [6.07, 6.45) is 2.55. The van der Waals surface area contributed by atoms with Crippen molar-refractivity contribution in [3.8, 4) is 11.3 Å². The van der Waals surface area contributed by atoms with E-state index in [2.05, 4.69) is 31.7 Å². The van der Waals surface area contributed by atoms with Gasteiger partial charge in [-0.25, -0.2) is 9.97 Å². The molecule has 1 aliphatic rings. The standard InChI is InChI=1S/C23H25N7O2/c1-13(31)26-16-7-8-30(11-16)23(32)15-6-4-5-14(9-15)18-10-17-20-19(25-12-29(20)3)22(24-2)28-21(17)27-18/h4-6,9-10,12,16H,7-8,11H2,1-3H3,(H,26,31)(H2,24,27,28). The molecule has 0 bridgehead atoms. The fraction of sp³-hybridized carbons (Fsp3) is 0.304. The first-order valence-electron chi connectivity index (χ1n) is 10.6. The third kappa shape index (κ3) is 3.35. The molecule has 9 heteroatoms. The molecule has 1 aliphatic heterocycles. The van der Waals surface area contributed by atoms with Crippen molar-refractivity contribution in [3.05, 3.63) is 42.2 Å². The second kappa shape index (κ2) is 7.67. The molecule has 3 N–H and O–H groups in total. The van der Waals surface area contributed by atoms with Crippen molar-refractivity contribution in [3.63, 3.8) is 0 Å². The second-order valence-corrected chi connectivity index (χ2v) is 8.23. The largest absolute Gasteiger partial charge is 0.371 e. The Bertz CT molecular complexity index is 1350. The normalized spacial score (nSPS) is 16.1. The van der Waals surface area contributed by atoms with Crippen LogP contribution in [-0.2, 0) is 11.8 Å². The maximum Gasteiger partial charge on any atom is 0.253 e. The molecule has 1 aromatic carbocycles. The highest BCUT2D eigenvalue weighted by Gasteiger charge is 2.27. The van der Waals surface area contributed by atoms with Crippen LogP contribution < -0.4 is 10.6 Å². The highest BCUT2D eigenvalue weighted by molar-refractivity contribution is 6.07. The molecule has 0 saturated carbocycles. The van der Waals surface area contributed by atoms with Gasteiger partial charge in [0.15, 0.2) is 5.82 Å². The van der Waals surface area contributed by atoms with E-state index < -0.39 is 0 Å². The van der Waals surface area contributed by atoms with Crippen molar-refractivity contribution in [2.24, 2.45) is 7.05 Å². The Morgan fingerprint density at radius 1 is 1.25 bits per heavy atom. The van der Waals surface area contributed by atoms with Crippen molar-refractivity contribution in [2.75, 3.05) is 25.5 Å². The minimum absolute atomic E-state index is 0.0158. The van der Waals surface area contributed by atoms with Gasteiger partial charge in [-0.2, -0.15) is 0 Å². The van der Waals surface area contributed by atoms with Crippen LogP contribution in [0.3, 0.4) is 0 Å². The van der Waals surface area contributed by atoms with Crippen molar-refractivity contribution >= 4 is 39.7 Å². The number of likely N-dealkylation sites (tertiary alicyclic amines) is 1. The van der Waals surface area contributed by atoms with Crippen LogP contribution in [0.25, 0.3) is 33.3 Å². The summed E-state index contributed by atoms with van der Waals surface area (Å²) in [5.41, 5.74) is 4.99. The summed E-state index contributed by atoms with van der Waals surface area (Å²) in [6.45, 7) is 2.67. The number of amides is 2. The van der Waals surface area contributed by atoms with E-state index in [1.54, 1.807) is 11.2 Å². The zero-order chi connectivity index (χ0) is 22.4. The summed E-state index contributed by atoms with van der Waals surface area (Å²) in [5.74, 6) is 0.622. The minimum atomic E-state index is -0.0670. The van der Waals surface area contributed by atoms with Crippen molar-refractivity contribution < 1.29 is 9.59 Å². The van der Waals surface area contributed by atoms with Gasteiger partial charge in [0.25, 0.3) is 5.91 Å². The number of nitrogens with zero attached hydrogens (tertiary/aromatic N) is 4. The van der Waals surface area contributed by atoms with Gasteiger partial charge < -0.3 is 25.1 Å². The summed E-state index contributed by atoms with van der Waals surface area (Å²) in [4.78, 5) is 38.7. The van der Waals surface area contributed by atoms with Crippen LogP contribution in [0.5, 0.6) is 0 Å². The molecule has 1 saturated heterocycles. The van der Waals surface area contributed by atoms with Gasteiger partial charge in [0.1, 0.15) is 11.2 Å². The number of carbonyl (C=O) groups is 2. The van der Waals surface area contributed by atoms with Gasteiger partial charge in [-0.15, -0.1) is 0 Å². The van der Waals surface area contributed by atoms with E-state index in [0.29, 0.717) is 24.5 Å². The van der Waals surface area contributed by atoms with Gasteiger partial charge in [0.2, 0.25) is 5.91 Å². The number of fused-ring (bicyclic) bond motifs is 3. The van der Waals surface area contributed by atoms with E-state index in [9.17, 15) is 9.59 Å². The number of pyridine rings is 1. The fourth-order valence-electron chi connectivity index (χ4n) is 4.48. The first-order valence-corrected chi connectivity index (χ1v) is 10.6. The van der Waals surface area contributed by atoms with E-state index in [0.717, 1.165) is 39.7 Å². The molecule has 1 atom stereocenters. The molecule has 4 heterocycles. The van der Waals surface area contributed by atoms with Gasteiger partial charge >= 0.3 is 0 Å².